The first-order valence-corrected chi connectivity index (χ1v) is 13.2. The maximum absolute atomic E-state index is 13.3. The van der Waals surface area contributed by atoms with Crippen LogP contribution in [0.4, 0.5) is 18.0 Å². The van der Waals surface area contributed by atoms with Gasteiger partial charge < -0.3 is 4.74 Å². The minimum absolute atomic E-state index is 0.144. The number of amides is 2. The van der Waals surface area contributed by atoms with Crippen LogP contribution in [-0.2, 0) is 10.2 Å². The van der Waals surface area contributed by atoms with E-state index >= 15 is 0 Å². The lowest BCUT2D eigenvalue weighted by Crippen LogP contribution is -2.22. The minimum atomic E-state index is -4.88. The number of aryl methyl sites for hydroxylation is 1. The fraction of sp³-hybridized carbons (Fsp3) is 0.214. The van der Waals surface area contributed by atoms with Crippen LogP contribution < -0.4 is 10.1 Å². The van der Waals surface area contributed by atoms with E-state index in [1.54, 1.807) is 17.4 Å². The van der Waals surface area contributed by atoms with E-state index in [0.29, 0.717) is 11.1 Å². The van der Waals surface area contributed by atoms with Crippen LogP contribution in [0.15, 0.2) is 58.1 Å². The highest BCUT2D eigenvalue weighted by Gasteiger charge is 2.34. The van der Waals surface area contributed by atoms with E-state index in [1.165, 1.54) is 18.2 Å². The number of rotatable bonds is 4. The summed E-state index contributed by atoms with van der Waals surface area (Å²) in [6.45, 7) is 6.18. The number of halogens is 3. The molecular weight excluding hydrogens is 519 g/mol. The Labute approximate surface area is 220 Å². The zero-order valence-electron chi connectivity index (χ0n) is 20.2. The molecule has 1 aromatic heterocycles. The van der Waals surface area contributed by atoms with Gasteiger partial charge >= 0.3 is 6.36 Å². The maximum Gasteiger partial charge on any atom is 0.573 e. The fourth-order valence-corrected chi connectivity index (χ4v) is 6.02. The zero-order chi connectivity index (χ0) is 26.5. The van der Waals surface area contributed by atoms with Crippen LogP contribution in [0.2, 0.25) is 0 Å². The molecule has 1 aliphatic carbocycles. The van der Waals surface area contributed by atoms with Gasteiger partial charge in [0, 0.05) is 5.56 Å². The van der Waals surface area contributed by atoms with Gasteiger partial charge in [0.1, 0.15) is 5.75 Å². The van der Waals surface area contributed by atoms with E-state index in [-0.39, 0.29) is 21.6 Å². The Morgan fingerprint density at radius 2 is 1.84 bits per heavy atom. The second kappa shape index (κ2) is 9.22. The second-order valence-electron chi connectivity index (χ2n) is 9.59. The van der Waals surface area contributed by atoms with E-state index in [9.17, 15) is 22.8 Å². The van der Waals surface area contributed by atoms with Gasteiger partial charge in [0.25, 0.3) is 11.1 Å². The second-order valence-corrected chi connectivity index (χ2v) is 11.4. The molecule has 2 aromatic carbocycles. The molecule has 0 spiro atoms. The van der Waals surface area contributed by atoms with E-state index in [2.05, 4.69) is 35.4 Å². The minimum Gasteiger partial charge on any atom is -0.405 e. The Kier molecular flexibility index (Phi) is 6.32. The number of ether oxygens (including phenoxy) is 1. The van der Waals surface area contributed by atoms with E-state index in [4.69, 9.17) is 0 Å². The van der Waals surface area contributed by atoms with Crippen molar-refractivity contribution in [1.82, 2.24) is 5.32 Å². The van der Waals surface area contributed by atoms with Gasteiger partial charge in [-0.1, -0.05) is 32.1 Å². The Balaban J connectivity index is 1.70. The van der Waals surface area contributed by atoms with Gasteiger partial charge in [0.15, 0.2) is 0 Å². The third-order valence-corrected chi connectivity index (χ3v) is 7.99. The Bertz CT molecular complexity index is 1490. The van der Waals surface area contributed by atoms with Crippen LogP contribution in [0, 0.1) is 6.92 Å². The highest BCUT2D eigenvalue weighted by atomic mass is 32.2. The number of fused-ring (bicyclic) bond motifs is 1. The molecule has 0 saturated carbocycles. The molecule has 2 amide bonds. The molecule has 1 fully saturated rings. The normalized spacial score (nSPS) is 18.0. The first-order valence-electron chi connectivity index (χ1n) is 11.4. The number of thioether (sulfide) groups is 1. The zero-order valence-corrected chi connectivity index (χ0v) is 21.8. The van der Waals surface area contributed by atoms with Gasteiger partial charge in [-0.3, -0.25) is 14.9 Å². The molecule has 0 bridgehead atoms. The van der Waals surface area contributed by atoms with Crippen LogP contribution in [-0.4, -0.2) is 17.5 Å². The summed E-state index contributed by atoms with van der Waals surface area (Å²) < 4.78 is 44.5. The van der Waals surface area contributed by atoms with Crippen molar-refractivity contribution < 1.29 is 27.5 Å². The van der Waals surface area contributed by atoms with E-state index in [1.807, 2.05) is 30.5 Å². The molecule has 0 radical (unpaired) electrons. The van der Waals surface area contributed by atoms with Crippen molar-refractivity contribution in [1.29, 1.82) is 0 Å². The molecule has 9 heteroatoms. The molecule has 2 heterocycles. The van der Waals surface area contributed by atoms with Crippen molar-refractivity contribution in [2.75, 3.05) is 0 Å². The van der Waals surface area contributed by atoms with Gasteiger partial charge in [-0.15, -0.1) is 13.2 Å². The van der Waals surface area contributed by atoms with Crippen LogP contribution in [0.25, 0.3) is 22.8 Å². The molecule has 1 saturated heterocycles. The molecule has 4 nitrogen and oxygen atoms in total. The third-order valence-electron chi connectivity index (χ3n) is 6.49. The number of hydrogen-bond donors (Lipinski definition) is 1. The number of carbonyl (C=O) groups is 2. The highest BCUT2D eigenvalue weighted by molar-refractivity contribution is 8.18. The van der Waals surface area contributed by atoms with Gasteiger partial charge in [-0.05, 0) is 111 Å². The van der Waals surface area contributed by atoms with Crippen molar-refractivity contribution in [2.24, 2.45) is 0 Å². The summed E-state index contributed by atoms with van der Waals surface area (Å²) in [5.41, 5.74) is 6.18. The van der Waals surface area contributed by atoms with Crippen molar-refractivity contribution in [3.63, 3.8) is 0 Å². The number of carbonyl (C=O) groups excluding carboxylic acids is 2. The summed E-state index contributed by atoms with van der Waals surface area (Å²) in [6, 6.07) is 10.3. The summed E-state index contributed by atoms with van der Waals surface area (Å²) in [6.07, 6.45) is -0.369. The van der Waals surface area contributed by atoms with Crippen LogP contribution >= 0.6 is 23.1 Å². The Morgan fingerprint density at radius 1 is 1.05 bits per heavy atom. The lowest BCUT2D eigenvalue weighted by molar-refractivity contribution is -0.274. The molecule has 37 heavy (non-hydrogen) atoms. The average molecular weight is 542 g/mol. The smallest absolute Gasteiger partial charge is 0.405 e. The molecule has 5 rings (SSSR count). The van der Waals surface area contributed by atoms with Crippen molar-refractivity contribution in [2.45, 2.75) is 39.0 Å². The van der Waals surface area contributed by atoms with Gasteiger partial charge in [-0.2, -0.15) is 11.3 Å². The predicted octanol–water partition coefficient (Wildman–Crippen LogP) is 8.06. The summed E-state index contributed by atoms with van der Waals surface area (Å²) in [5.74, 6) is -0.877. The fourth-order valence-electron chi connectivity index (χ4n) is 4.68. The summed E-state index contributed by atoms with van der Waals surface area (Å²) in [7, 11) is 0. The largest absolute Gasteiger partial charge is 0.573 e. The van der Waals surface area contributed by atoms with Crippen molar-refractivity contribution in [3.05, 3.63) is 86.0 Å². The third kappa shape index (κ3) is 5.10. The molecule has 2 aliphatic rings. The van der Waals surface area contributed by atoms with Crippen molar-refractivity contribution in [3.8, 4) is 16.9 Å². The summed E-state index contributed by atoms with van der Waals surface area (Å²) in [5, 5.41) is 5.75. The molecule has 0 atom stereocenters. The number of thiophene rings is 1. The molecule has 1 N–H and O–H groups in total. The van der Waals surface area contributed by atoms with E-state index in [0.717, 1.165) is 46.0 Å². The average Bonchev–Trinajstić information content (AvgIpc) is 3.44. The maximum atomic E-state index is 13.3. The number of alkyl halides is 3. The standard InChI is InChI=1S/C28H22F3NO3S2/c1-15-10-22-20(18(6-8-27(22,2)3)17-7-9-36-14-17)13-19(15)21-11-16(4-5-23(21)35-28(29,30)31)12-24-25(33)32-26(34)37-24/h4-7,9-14H,8H2,1-3H3,(H,32,33,34)/b24-12-. The predicted molar refractivity (Wildman–Crippen MR) is 141 cm³/mol. The summed E-state index contributed by atoms with van der Waals surface area (Å²) in [4.78, 5) is 23.8. The SMILES string of the molecule is Cc1cc2c(cc1-c1cc(/C=C3\SC(=O)NC3=O)ccc1OC(F)(F)F)C(c1ccsc1)=CCC2(C)C. The molecular formula is C28H22F3NO3S2. The molecule has 3 aromatic rings. The number of nitrogens with one attached hydrogen (secondary N) is 1. The van der Waals surface area contributed by atoms with Crippen molar-refractivity contribution >= 4 is 45.9 Å². The number of hydrogen-bond acceptors (Lipinski definition) is 5. The Hall–Kier alpha value is -3.30. The quantitative estimate of drug-likeness (QED) is 0.340. The van der Waals surface area contributed by atoms with Crippen LogP contribution in [0.1, 0.15) is 48.1 Å². The monoisotopic (exact) mass is 541 g/mol. The number of imide groups is 1. The Morgan fingerprint density at radius 3 is 2.49 bits per heavy atom. The first kappa shape index (κ1) is 25.4. The number of allylic oxidation sites excluding steroid dienone is 1. The van der Waals surface area contributed by atoms with Crippen LogP contribution in [0.5, 0.6) is 5.75 Å². The van der Waals surface area contributed by atoms with Crippen LogP contribution in [0.3, 0.4) is 0 Å². The molecule has 0 unspecified atom stereocenters. The number of benzene rings is 2. The van der Waals surface area contributed by atoms with Gasteiger partial charge in [-0.25, -0.2) is 0 Å². The lowest BCUT2D eigenvalue weighted by Gasteiger charge is -2.33. The molecule has 190 valence electrons. The summed E-state index contributed by atoms with van der Waals surface area (Å²) >= 11 is 2.34. The highest BCUT2D eigenvalue weighted by Crippen LogP contribution is 2.46. The first-order chi connectivity index (χ1) is 17.4. The van der Waals surface area contributed by atoms with E-state index < -0.39 is 17.5 Å². The van der Waals surface area contributed by atoms with Gasteiger partial charge in [0.2, 0.25) is 0 Å². The molecule has 1 aliphatic heterocycles. The topological polar surface area (TPSA) is 55.4 Å². The van der Waals surface area contributed by atoms with Gasteiger partial charge in [0.05, 0.1) is 4.91 Å². The lowest BCUT2D eigenvalue weighted by atomic mass is 9.71.